The van der Waals surface area contributed by atoms with Crippen molar-refractivity contribution in [2.24, 2.45) is 17.2 Å². The van der Waals surface area contributed by atoms with Crippen LogP contribution < -0.4 is 22.5 Å². The predicted octanol–water partition coefficient (Wildman–Crippen LogP) is -9.21. The molecule has 0 bridgehead atoms. The number of hydrogen-bond donors (Lipinski definition) is 13. The third-order valence-corrected chi connectivity index (χ3v) is 9.50. The van der Waals surface area contributed by atoms with Crippen LogP contribution in [0.3, 0.4) is 0 Å². The molecule has 0 aromatic rings. The first-order chi connectivity index (χ1) is 22.4. The van der Waals surface area contributed by atoms with Gasteiger partial charge in [0.05, 0.1) is 57.1 Å². The molecule has 0 amide bonds. The van der Waals surface area contributed by atoms with Crippen molar-refractivity contribution in [1.29, 1.82) is 0 Å². The van der Waals surface area contributed by atoms with Crippen LogP contribution in [0.15, 0.2) is 0 Å². The molecule has 47 heavy (non-hydrogen) atoms. The van der Waals surface area contributed by atoms with Crippen LogP contribution in [-0.2, 0) is 37.9 Å². The van der Waals surface area contributed by atoms with Crippen molar-refractivity contribution in [2.75, 3.05) is 40.1 Å². The lowest BCUT2D eigenvalue weighted by atomic mass is 9.83. The summed E-state index contributed by atoms with van der Waals surface area (Å²) in [7, 11) is 1.31. The van der Waals surface area contributed by atoms with Gasteiger partial charge in [0.1, 0.15) is 73.2 Å². The highest BCUT2D eigenvalue weighted by atomic mass is 16.8. The molecule has 5 saturated heterocycles. The molecule has 20 atom stereocenters. The van der Waals surface area contributed by atoms with Crippen LogP contribution in [-0.4, -0.2) is 208 Å². The average Bonchev–Trinajstić information content (AvgIpc) is 3.05. The van der Waals surface area contributed by atoms with E-state index in [0.29, 0.717) is 0 Å². The number of aliphatic hydroxyl groups is 9. The number of hydrogen-bond acceptors (Lipinski definition) is 21. The molecule has 0 aromatic heterocycles. The minimum atomic E-state index is -1.70. The lowest BCUT2D eigenvalue weighted by Gasteiger charge is -2.60. The fourth-order valence-corrected chi connectivity index (χ4v) is 6.66. The van der Waals surface area contributed by atoms with Gasteiger partial charge >= 0.3 is 0 Å². The van der Waals surface area contributed by atoms with E-state index in [1.165, 1.54) is 7.11 Å². The molecule has 16 N–H and O–H groups in total. The second-order valence-corrected chi connectivity index (χ2v) is 12.4. The zero-order chi connectivity index (χ0) is 34.4. The summed E-state index contributed by atoms with van der Waals surface area (Å²) in [5.74, 6) is -1.70. The second kappa shape index (κ2) is 15.2. The maximum absolute atomic E-state index is 11.3. The Bertz CT molecular complexity index is 1020. The Morgan fingerprint density at radius 1 is 0.617 bits per heavy atom. The van der Waals surface area contributed by atoms with Crippen LogP contribution in [0, 0.1) is 0 Å². The van der Waals surface area contributed by atoms with Crippen molar-refractivity contribution in [1.82, 2.24) is 5.32 Å². The molecule has 5 fully saturated rings. The summed E-state index contributed by atoms with van der Waals surface area (Å²) < 4.78 is 46.0. The third-order valence-electron chi connectivity index (χ3n) is 9.50. The largest absolute Gasteiger partial charge is 0.394 e. The molecule has 0 saturated carbocycles. The minimum Gasteiger partial charge on any atom is -0.394 e. The van der Waals surface area contributed by atoms with Gasteiger partial charge in [-0.25, -0.2) is 0 Å². The fraction of sp³-hybridized carbons (Fsp3) is 1.00. The summed E-state index contributed by atoms with van der Waals surface area (Å²) in [6.45, 7) is -2.72. The van der Waals surface area contributed by atoms with E-state index < -0.39 is 148 Å². The first-order valence-corrected chi connectivity index (χ1v) is 15.4. The van der Waals surface area contributed by atoms with Crippen LogP contribution in [0.1, 0.15) is 0 Å². The summed E-state index contributed by atoms with van der Waals surface area (Å²) in [5, 5.41) is 96.5. The quantitative estimate of drug-likeness (QED) is 0.0958. The van der Waals surface area contributed by atoms with Crippen molar-refractivity contribution in [3.8, 4) is 0 Å². The van der Waals surface area contributed by atoms with Gasteiger partial charge in [-0.15, -0.1) is 0 Å². The van der Waals surface area contributed by atoms with E-state index in [1.807, 2.05) is 0 Å². The number of rotatable bonds is 11. The number of ether oxygens (including phenoxy) is 8. The van der Waals surface area contributed by atoms with E-state index in [2.05, 4.69) is 5.32 Å². The van der Waals surface area contributed by atoms with Crippen LogP contribution in [0.5, 0.6) is 0 Å². The number of nitrogens with one attached hydrogen (secondary N) is 1. The standard InChI is InChI=1S/C26H48N4O17/c1-40-23-12(28)16(37)19(8(3-32)42-23)44-25-13(29)17(38)21(9(4-33)43-25)47-26-6-30-22(26)18(39)20(10(5-34)46-26)45-24-11(27)15(36)14(35)7(2-31)41-24/h7-25,30-39H,2-6,27-29H2,1H3. The molecule has 5 heterocycles. The topological polar surface area (TPSA) is 346 Å². The van der Waals surface area contributed by atoms with Crippen LogP contribution in [0.4, 0.5) is 0 Å². The molecule has 0 aromatic carbocycles. The number of fused-ring (bicyclic) bond motifs is 1. The van der Waals surface area contributed by atoms with Gasteiger partial charge in [0.2, 0.25) is 0 Å². The summed E-state index contributed by atoms with van der Waals surface area (Å²) in [4.78, 5) is 0. The van der Waals surface area contributed by atoms with Crippen LogP contribution >= 0.6 is 0 Å². The molecule has 21 heteroatoms. The molecule has 274 valence electrons. The predicted molar refractivity (Wildman–Crippen MR) is 149 cm³/mol. The maximum Gasteiger partial charge on any atom is 0.200 e. The number of aliphatic hydroxyl groups excluding tert-OH is 9. The Labute approximate surface area is 268 Å². The molecular weight excluding hydrogens is 640 g/mol. The molecule has 21 nitrogen and oxygen atoms in total. The molecule has 0 spiro atoms. The van der Waals surface area contributed by atoms with Crippen LogP contribution in [0.25, 0.3) is 0 Å². The third kappa shape index (κ3) is 6.81. The highest BCUT2D eigenvalue weighted by molar-refractivity contribution is 5.11. The Morgan fingerprint density at radius 2 is 1.09 bits per heavy atom. The van der Waals surface area contributed by atoms with Crippen molar-refractivity contribution >= 4 is 0 Å². The molecule has 20 unspecified atom stereocenters. The molecule has 0 radical (unpaired) electrons. The van der Waals surface area contributed by atoms with Gasteiger partial charge in [-0.05, 0) is 0 Å². The normalized spacial score (nSPS) is 53.7. The highest BCUT2D eigenvalue weighted by Crippen LogP contribution is 2.41. The Hall–Kier alpha value is -0.840. The zero-order valence-corrected chi connectivity index (χ0v) is 25.5. The SMILES string of the molecule is COC1OC(CO)C(OC2OC(CO)C(OC34CNC3C(O)C(OC3OC(CO)C(O)C(O)C3N)C(CO)O4)C(O)C2N)C(O)C1N. The summed E-state index contributed by atoms with van der Waals surface area (Å²) in [6, 6.07) is -4.75. The van der Waals surface area contributed by atoms with Crippen LogP contribution in [0.2, 0.25) is 0 Å². The van der Waals surface area contributed by atoms with Crippen molar-refractivity contribution in [3.05, 3.63) is 0 Å². The molecular formula is C26H48N4O17. The monoisotopic (exact) mass is 688 g/mol. The Morgan fingerprint density at radius 3 is 1.62 bits per heavy atom. The smallest absolute Gasteiger partial charge is 0.200 e. The van der Waals surface area contributed by atoms with Gasteiger partial charge in [0, 0.05) is 7.11 Å². The van der Waals surface area contributed by atoms with Crippen molar-refractivity contribution in [2.45, 2.75) is 122 Å². The van der Waals surface area contributed by atoms with Crippen molar-refractivity contribution in [3.63, 3.8) is 0 Å². The highest BCUT2D eigenvalue weighted by Gasteiger charge is 2.64. The Balaban J connectivity index is 1.28. The second-order valence-electron chi connectivity index (χ2n) is 12.4. The van der Waals surface area contributed by atoms with E-state index in [0.717, 1.165) is 0 Å². The first kappa shape index (κ1) is 37.4. The summed E-state index contributed by atoms with van der Waals surface area (Å²) in [5.41, 5.74) is 18.3. The van der Waals surface area contributed by atoms with Crippen molar-refractivity contribution < 1.29 is 83.9 Å². The van der Waals surface area contributed by atoms with Gasteiger partial charge in [-0.2, -0.15) is 0 Å². The lowest BCUT2D eigenvalue weighted by Crippen LogP contribution is -2.83. The molecule has 5 rings (SSSR count). The number of nitrogens with two attached hydrogens (primary N) is 3. The number of methoxy groups -OCH3 is 1. The van der Waals surface area contributed by atoms with Gasteiger partial charge in [0.25, 0.3) is 0 Å². The van der Waals surface area contributed by atoms with Gasteiger partial charge in [-0.1, -0.05) is 0 Å². The lowest BCUT2D eigenvalue weighted by molar-refractivity contribution is -0.413. The minimum absolute atomic E-state index is 0.0479. The molecule has 0 aliphatic carbocycles. The first-order valence-electron chi connectivity index (χ1n) is 15.4. The average molecular weight is 689 g/mol. The van der Waals surface area contributed by atoms with E-state index in [1.54, 1.807) is 0 Å². The zero-order valence-electron chi connectivity index (χ0n) is 25.5. The molecule has 5 aliphatic heterocycles. The maximum atomic E-state index is 11.3. The van der Waals surface area contributed by atoms with E-state index >= 15 is 0 Å². The summed E-state index contributed by atoms with van der Waals surface area (Å²) in [6.07, 6.45) is -20.3. The molecule has 5 aliphatic rings. The van der Waals surface area contributed by atoms with E-state index in [9.17, 15) is 46.0 Å². The Kier molecular flexibility index (Phi) is 12.1. The fourth-order valence-electron chi connectivity index (χ4n) is 6.66. The van der Waals surface area contributed by atoms with Gasteiger partial charge in [-0.3, -0.25) is 0 Å². The van der Waals surface area contributed by atoms with E-state index in [4.69, 9.17) is 55.1 Å². The summed E-state index contributed by atoms with van der Waals surface area (Å²) >= 11 is 0. The van der Waals surface area contributed by atoms with E-state index in [-0.39, 0.29) is 6.54 Å². The van der Waals surface area contributed by atoms with Gasteiger partial charge in [0.15, 0.2) is 24.7 Å². The van der Waals surface area contributed by atoms with Gasteiger partial charge < -0.3 is 106 Å².